The number of carbonyl (C=O) groups is 2. The quantitative estimate of drug-likeness (QED) is 0.766. The molecule has 0 unspecified atom stereocenters. The van der Waals surface area contributed by atoms with Gasteiger partial charge in [-0.3, -0.25) is 9.59 Å². The van der Waals surface area contributed by atoms with E-state index in [4.69, 9.17) is 4.74 Å². The second-order valence-corrected chi connectivity index (χ2v) is 8.14. The maximum atomic E-state index is 13.3. The number of halogens is 1. The van der Waals surface area contributed by atoms with Gasteiger partial charge in [0.05, 0.1) is 13.0 Å². The summed E-state index contributed by atoms with van der Waals surface area (Å²) < 4.78 is 18.6. The Bertz CT molecular complexity index is 915. The Morgan fingerprint density at radius 2 is 1.90 bits per heavy atom. The summed E-state index contributed by atoms with van der Waals surface area (Å²) in [6, 6.07) is 14.0. The van der Waals surface area contributed by atoms with Gasteiger partial charge in [0, 0.05) is 43.7 Å². The average molecular weight is 410 g/mol. The molecule has 0 aromatic heterocycles. The van der Waals surface area contributed by atoms with E-state index in [1.807, 2.05) is 41.3 Å². The minimum atomic E-state index is -0.337. The van der Waals surface area contributed by atoms with E-state index in [0.717, 1.165) is 30.5 Å². The molecular weight excluding hydrogens is 383 g/mol. The van der Waals surface area contributed by atoms with Crippen LogP contribution in [0.15, 0.2) is 48.5 Å². The molecule has 0 spiro atoms. The Labute approximate surface area is 176 Å². The van der Waals surface area contributed by atoms with Crippen molar-refractivity contribution in [3.8, 4) is 5.75 Å². The van der Waals surface area contributed by atoms with Crippen molar-refractivity contribution in [3.05, 3.63) is 59.9 Å². The highest BCUT2D eigenvalue weighted by molar-refractivity contribution is 6.00. The lowest BCUT2D eigenvalue weighted by Crippen LogP contribution is -2.39. The molecule has 2 heterocycles. The first kappa shape index (κ1) is 20.4. The zero-order valence-electron chi connectivity index (χ0n) is 17.2. The molecule has 30 heavy (non-hydrogen) atoms. The van der Waals surface area contributed by atoms with Gasteiger partial charge in [0.1, 0.15) is 11.6 Å². The predicted molar refractivity (Wildman–Crippen MR) is 113 cm³/mol. The SMILES string of the molecule is COc1cccc(N2C[C@H](C(=O)N3CCCC[C@H](c4ccc(F)cc4)C3)CC2=O)c1. The summed E-state index contributed by atoms with van der Waals surface area (Å²) in [7, 11) is 1.59. The van der Waals surface area contributed by atoms with Crippen LogP contribution >= 0.6 is 0 Å². The fraction of sp³-hybridized carbons (Fsp3) is 0.417. The molecule has 2 atom stereocenters. The van der Waals surface area contributed by atoms with Crippen LogP contribution in [0.3, 0.4) is 0 Å². The fourth-order valence-electron chi connectivity index (χ4n) is 4.51. The third-order valence-electron chi connectivity index (χ3n) is 6.16. The number of ether oxygens (including phenoxy) is 1. The number of anilines is 1. The molecule has 2 amide bonds. The van der Waals surface area contributed by atoms with E-state index < -0.39 is 0 Å². The lowest BCUT2D eigenvalue weighted by molar-refractivity contribution is -0.135. The van der Waals surface area contributed by atoms with Gasteiger partial charge >= 0.3 is 0 Å². The first-order chi connectivity index (χ1) is 14.5. The summed E-state index contributed by atoms with van der Waals surface area (Å²) in [6.45, 7) is 1.72. The van der Waals surface area contributed by atoms with Crippen molar-refractivity contribution in [2.24, 2.45) is 5.92 Å². The zero-order chi connectivity index (χ0) is 21.1. The van der Waals surface area contributed by atoms with Crippen LogP contribution in [0.5, 0.6) is 5.75 Å². The summed E-state index contributed by atoms with van der Waals surface area (Å²) >= 11 is 0. The van der Waals surface area contributed by atoms with Gasteiger partial charge in [-0.25, -0.2) is 4.39 Å². The Morgan fingerprint density at radius 1 is 1.10 bits per heavy atom. The molecule has 2 fully saturated rings. The Hall–Kier alpha value is -2.89. The number of likely N-dealkylation sites (tertiary alicyclic amines) is 1. The topological polar surface area (TPSA) is 49.9 Å². The summed E-state index contributed by atoms with van der Waals surface area (Å²) in [6.07, 6.45) is 3.19. The molecule has 4 rings (SSSR count). The first-order valence-corrected chi connectivity index (χ1v) is 10.5. The molecule has 2 aliphatic rings. The number of benzene rings is 2. The normalized spacial score (nSPS) is 22.1. The molecule has 0 saturated carbocycles. The van der Waals surface area contributed by atoms with Crippen LogP contribution in [-0.4, -0.2) is 43.5 Å². The Morgan fingerprint density at radius 3 is 2.67 bits per heavy atom. The van der Waals surface area contributed by atoms with Crippen molar-refractivity contribution >= 4 is 17.5 Å². The highest BCUT2D eigenvalue weighted by atomic mass is 19.1. The third kappa shape index (κ3) is 4.32. The van der Waals surface area contributed by atoms with Crippen LogP contribution in [0.25, 0.3) is 0 Å². The fourth-order valence-corrected chi connectivity index (χ4v) is 4.51. The minimum absolute atomic E-state index is 0.0356. The predicted octanol–water partition coefficient (Wildman–Crippen LogP) is 3.98. The zero-order valence-corrected chi connectivity index (χ0v) is 17.2. The summed E-state index contributed by atoms with van der Waals surface area (Å²) in [5, 5.41) is 0. The summed E-state index contributed by atoms with van der Waals surface area (Å²) in [4.78, 5) is 29.5. The van der Waals surface area contributed by atoms with Crippen molar-refractivity contribution in [2.75, 3.05) is 31.6 Å². The summed E-state index contributed by atoms with van der Waals surface area (Å²) in [5.41, 5.74) is 1.83. The monoisotopic (exact) mass is 410 g/mol. The van der Waals surface area contributed by atoms with E-state index >= 15 is 0 Å². The number of amides is 2. The van der Waals surface area contributed by atoms with Crippen LogP contribution in [-0.2, 0) is 9.59 Å². The van der Waals surface area contributed by atoms with E-state index in [1.165, 1.54) is 12.1 Å². The third-order valence-corrected chi connectivity index (χ3v) is 6.16. The van der Waals surface area contributed by atoms with Crippen LogP contribution in [0.1, 0.15) is 37.2 Å². The van der Waals surface area contributed by atoms with Gasteiger partial charge in [-0.1, -0.05) is 24.6 Å². The lowest BCUT2D eigenvalue weighted by atomic mass is 9.94. The molecule has 2 aromatic carbocycles. The van der Waals surface area contributed by atoms with Crippen molar-refractivity contribution in [2.45, 2.75) is 31.6 Å². The van der Waals surface area contributed by atoms with E-state index in [1.54, 1.807) is 12.0 Å². The molecule has 158 valence electrons. The molecule has 5 nitrogen and oxygen atoms in total. The lowest BCUT2D eigenvalue weighted by Gasteiger charge is -2.27. The highest BCUT2D eigenvalue weighted by Crippen LogP contribution is 2.31. The number of hydrogen-bond acceptors (Lipinski definition) is 3. The van der Waals surface area contributed by atoms with Gasteiger partial charge in [-0.2, -0.15) is 0 Å². The van der Waals surface area contributed by atoms with Crippen molar-refractivity contribution in [1.29, 1.82) is 0 Å². The summed E-state index contributed by atoms with van der Waals surface area (Å²) in [5.74, 6) is 0.306. The van der Waals surface area contributed by atoms with E-state index in [9.17, 15) is 14.0 Å². The average Bonchev–Trinajstić information content (AvgIpc) is 2.99. The maximum absolute atomic E-state index is 13.3. The van der Waals surface area contributed by atoms with Crippen LogP contribution in [0.4, 0.5) is 10.1 Å². The molecule has 2 saturated heterocycles. The second-order valence-electron chi connectivity index (χ2n) is 8.14. The Kier molecular flexibility index (Phi) is 6.02. The second kappa shape index (κ2) is 8.86. The molecule has 0 N–H and O–H groups in total. The van der Waals surface area contributed by atoms with Gasteiger partial charge in [-0.05, 0) is 42.7 Å². The molecular formula is C24H27FN2O3. The van der Waals surface area contributed by atoms with Crippen molar-refractivity contribution in [1.82, 2.24) is 4.90 Å². The van der Waals surface area contributed by atoms with Gasteiger partial charge in [-0.15, -0.1) is 0 Å². The van der Waals surface area contributed by atoms with E-state index in [-0.39, 0.29) is 35.9 Å². The highest BCUT2D eigenvalue weighted by Gasteiger charge is 2.38. The van der Waals surface area contributed by atoms with Crippen LogP contribution < -0.4 is 9.64 Å². The van der Waals surface area contributed by atoms with Gasteiger partial charge in [0.25, 0.3) is 0 Å². The van der Waals surface area contributed by atoms with Crippen LogP contribution in [0.2, 0.25) is 0 Å². The molecule has 0 bridgehead atoms. The first-order valence-electron chi connectivity index (χ1n) is 10.5. The smallest absolute Gasteiger partial charge is 0.228 e. The van der Waals surface area contributed by atoms with Gasteiger partial charge in [0.15, 0.2) is 0 Å². The van der Waals surface area contributed by atoms with E-state index in [0.29, 0.717) is 25.4 Å². The largest absolute Gasteiger partial charge is 0.497 e. The van der Waals surface area contributed by atoms with Crippen molar-refractivity contribution < 1.29 is 18.7 Å². The molecule has 6 heteroatoms. The number of methoxy groups -OCH3 is 1. The minimum Gasteiger partial charge on any atom is -0.497 e. The van der Waals surface area contributed by atoms with Crippen molar-refractivity contribution in [3.63, 3.8) is 0 Å². The standard InChI is InChI=1S/C24H27FN2O3/c1-30-22-7-4-6-21(14-22)27-16-19(13-23(27)28)24(29)26-12-3-2-5-18(15-26)17-8-10-20(25)11-9-17/h4,6-11,14,18-19H,2-3,5,12-13,15-16H2,1H3/t18-,19+/m0/s1. The Balaban J connectivity index is 1.46. The molecule has 2 aromatic rings. The number of hydrogen-bond donors (Lipinski definition) is 0. The molecule has 2 aliphatic heterocycles. The maximum Gasteiger partial charge on any atom is 0.228 e. The number of carbonyl (C=O) groups excluding carboxylic acids is 2. The van der Waals surface area contributed by atoms with Gasteiger partial charge in [0.2, 0.25) is 11.8 Å². The van der Waals surface area contributed by atoms with Crippen LogP contribution in [0, 0.1) is 11.7 Å². The molecule has 0 aliphatic carbocycles. The molecule has 0 radical (unpaired) electrons. The van der Waals surface area contributed by atoms with Gasteiger partial charge < -0.3 is 14.5 Å². The van der Waals surface area contributed by atoms with E-state index in [2.05, 4.69) is 0 Å². The number of rotatable bonds is 4. The number of nitrogens with zero attached hydrogens (tertiary/aromatic N) is 2.